The van der Waals surface area contributed by atoms with Crippen LogP contribution in [0.4, 0.5) is 0 Å². The summed E-state index contributed by atoms with van der Waals surface area (Å²) < 4.78 is 0. The normalized spacial score (nSPS) is 36.1. The highest BCUT2D eigenvalue weighted by atomic mass is 32.1. The summed E-state index contributed by atoms with van der Waals surface area (Å²) in [4.78, 5) is 0. The molecule has 1 rings (SSSR count). The van der Waals surface area contributed by atoms with Gasteiger partial charge in [0.25, 0.3) is 0 Å². The molecule has 0 aromatic carbocycles. The Hall–Kier alpha value is 0.0900. The van der Waals surface area contributed by atoms with Crippen LogP contribution in [0.5, 0.6) is 0 Å². The van der Waals surface area contributed by atoms with Gasteiger partial charge >= 0.3 is 0 Å². The highest BCUT2D eigenvalue weighted by molar-refractivity contribution is 7.80. The van der Waals surface area contributed by atoms with Crippen LogP contribution in [0.3, 0.4) is 0 Å². The SMILES string of the molecule is C=C[C@@H]1CCC[C@H](S)C1. The molecule has 9 heavy (non-hydrogen) atoms. The fraction of sp³-hybridized carbons (Fsp3) is 0.750. The number of hydrogen-bond donors (Lipinski definition) is 1. The molecule has 1 aliphatic rings. The molecule has 1 fully saturated rings. The Kier molecular flexibility index (Phi) is 2.65. The van der Waals surface area contributed by atoms with Gasteiger partial charge in [0.15, 0.2) is 0 Å². The van der Waals surface area contributed by atoms with Crippen LogP contribution in [0.15, 0.2) is 12.7 Å². The first-order valence-electron chi connectivity index (χ1n) is 3.63. The summed E-state index contributed by atoms with van der Waals surface area (Å²) in [5.74, 6) is 0.751. The molecule has 0 aromatic heterocycles. The molecule has 0 nitrogen and oxygen atoms in total. The summed E-state index contributed by atoms with van der Waals surface area (Å²) in [6.45, 7) is 3.78. The predicted molar refractivity (Wildman–Crippen MR) is 44.9 cm³/mol. The summed E-state index contributed by atoms with van der Waals surface area (Å²) in [6.07, 6.45) is 7.29. The van der Waals surface area contributed by atoms with Crippen molar-refractivity contribution >= 4 is 12.6 Å². The number of rotatable bonds is 1. The van der Waals surface area contributed by atoms with Gasteiger partial charge in [-0.1, -0.05) is 12.5 Å². The lowest BCUT2D eigenvalue weighted by molar-refractivity contribution is 0.431. The third kappa shape index (κ3) is 2.05. The largest absolute Gasteiger partial charge is 0.176 e. The molecule has 2 atom stereocenters. The van der Waals surface area contributed by atoms with E-state index in [4.69, 9.17) is 0 Å². The van der Waals surface area contributed by atoms with Crippen LogP contribution in [0.1, 0.15) is 25.7 Å². The third-order valence-corrected chi connectivity index (χ3v) is 2.49. The van der Waals surface area contributed by atoms with Crippen molar-refractivity contribution in [2.75, 3.05) is 0 Å². The van der Waals surface area contributed by atoms with Gasteiger partial charge in [0.05, 0.1) is 0 Å². The summed E-state index contributed by atoms with van der Waals surface area (Å²) in [5.41, 5.74) is 0. The first kappa shape index (κ1) is 7.20. The van der Waals surface area contributed by atoms with Crippen molar-refractivity contribution in [1.82, 2.24) is 0 Å². The van der Waals surface area contributed by atoms with Gasteiger partial charge in [0.1, 0.15) is 0 Å². The second-order valence-electron chi connectivity index (χ2n) is 2.82. The highest BCUT2D eigenvalue weighted by Gasteiger charge is 2.15. The van der Waals surface area contributed by atoms with Crippen molar-refractivity contribution in [1.29, 1.82) is 0 Å². The molecule has 0 radical (unpaired) electrons. The van der Waals surface area contributed by atoms with E-state index < -0.39 is 0 Å². The van der Waals surface area contributed by atoms with E-state index in [-0.39, 0.29) is 0 Å². The van der Waals surface area contributed by atoms with Crippen LogP contribution in [0.2, 0.25) is 0 Å². The van der Waals surface area contributed by atoms with Gasteiger partial charge in [-0.2, -0.15) is 12.6 Å². The Morgan fingerprint density at radius 2 is 2.22 bits per heavy atom. The lowest BCUT2D eigenvalue weighted by atomic mass is 9.89. The van der Waals surface area contributed by atoms with E-state index in [1.54, 1.807) is 0 Å². The maximum atomic E-state index is 4.43. The Labute approximate surface area is 62.8 Å². The van der Waals surface area contributed by atoms with Crippen LogP contribution >= 0.6 is 12.6 Å². The average Bonchev–Trinajstić information content (AvgIpc) is 1.88. The molecule has 0 saturated heterocycles. The summed E-state index contributed by atoms with van der Waals surface area (Å²) in [6, 6.07) is 0. The minimum Gasteiger partial charge on any atom is -0.176 e. The average molecular weight is 142 g/mol. The highest BCUT2D eigenvalue weighted by Crippen LogP contribution is 2.27. The van der Waals surface area contributed by atoms with Crippen molar-refractivity contribution in [3.8, 4) is 0 Å². The molecular formula is C8H14S. The molecule has 1 aliphatic carbocycles. The Bertz CT molecular complexity index is 98.7. The Balaban J connectivity index is 2.31. The maximum Gasteiger partial charge on any atom is 0.00224 e. The van der Waals surface area contributed by atoms with E-state index in [1.807, 2.05) is 0 Å². The lowest BCUT2D eigenvalue weighted by Crippen LogP contribution is -2.13. The van der Waals surface area contributed by atoms with Crippen LogP contribution in [-0.2, 0) is 0 Å². The van der Waals surface area contributed by atoms with E-state index in [2.05, 4.69) is 25.3 Å². The van der Waals surface area contributed by atoms with Crippen molar-refractivity contribution < 1.29 is 0 Å². The molecule has 0 spiro atoms. The fourth-order valence-corrected chi connectivity index (χ4v) is 1.87. The maximum absolute atomic E-state index is 4.43. The molecule has 0 aromatic rings. The molecule has 0 amide bonds. The molecule has 52 valence electrons. The van der Waals surface area contributed by atoms with Crippen LogP contribution in [0, 0.1) is 5.92 Å². The second kappa shape index (κ2) is 3.31. The monoisotopic (exact) mass is 142 g/mol. The van der Waals surface area contributed by atoms with Crippen molar-refractivity contribution in [3.05, 3.63) is 12.7 Å². The zero-order chi connectivity index (χ0) is 6.69. The molecular weight excluding hydrogens is 128 g/mol. The topological polar surface area (TPSA) is 0 Å². The molecule has 0 N–H and O–H groups in total. The van der Waals surface area contributed by atoms with Gasteiger partial charge in [-0.15, -0.1) is 6.58 Å². The van der Waals surface area contributed by atoms with E-state index >= 15 is 0 Å². The molecule has 0 heterocycles. The number of thiol groups is 1. The van der Waals surface area contributed by atoms with Crippen molar-refractivity contribution in [2.24, 2.45) is 5.92 Å². The van der Waals surface area contributed by atoms with Crippen LogP contribution in [-0.4, -0.2) is 5.25 Å². The third-order valence-electron chi connectivity index (χ3n) is 2.02. The summed E-state index contributed by atoms with van der Waals surface area (Å²) >= 11 is 4.43. The first-order valence-corrected chi connectivity index (χ1v) is 4.15. The van der Waals surface area contributed by atoms with Gasteiger partial charge in [0.2, 0.25) is 0 Å². The number of hydrogen-bond acceptors (Lipinski definition) is 1. The molecule has 0 unspecified atom stereocenters. The smallest absolute Gasteiger partial charge is 0.00224 e. The lowest BCUT2D eigenvalue weighted by Gasteiger charge is -2.22. The van der Waals surface area contributed by atoms with Gasteiger partial charge in [-0.25, -0.2) is 0 Å². The zero-order valence-corrected chi connectivity index (χ0v) is 6.61. The molecule has 0 aliphatic heterocycles. The zero-order valence-electron chi connectivity index (χ0n) is 5.71. The molecule has 1 saturated carbocycles. The summed E-state index contributed by atoms with van der Waals surface area (Å²) in [7, 11) is 0. The molecule has 0 bridgehead atoms. The fourth-order valence-electron chi connectivity index (χ4n) is 1.41. The van der Waals surface area contributed by atoms with Crippen molar-refractivity contribution in [2.45, 2.75) is 30.9 Å². The minimum atomic E-state index is 0.641. The van der Waals surface area contributed by atoms with E-state index in [0.29, 0.717) is 5.25 Å². The van der Waals surface area contributed by atoms with Gasteiger partial charge < -0.3 is 0 Å². The standard InChI is InChI=1S/C8H14S/c1-2-7-4-3-5-8(9)6-7/h2,7-9H,1,3-6H2/t7-,8+/m1/s1. The van der Waals surface area contributed by atoms with Gasteiger partial charge in [0, 0.05) is 5.25 Å². The van der Waals surface area contributed by atoms with Crippen LogP contribution < -0.4 is 0 Å². The second-order valence-corrected chi connectivity index (χ2v) is 3.55. The predicted octanol–water partition coefficient (Wildman–Crippen LogP) is 2.66. The van der Waals surface area contributed by atoms with E-state index in [9.17, 15) is 0 Å². The van der Waals surface area contributed by atoms with E-state index in [0.717, 1.165) is 5.92 Å². The van der Waals surface area contributed by atoms with Gasteiger partial charge in [-0.3, -0.25) is 0 Å². The quantitative estimate of drug-likeness (QED) is 0.422. The Morgan fingerprint density at radius 1 is 1.44 bits per heavy atom. The molecule has 1 heteroatoms. The number of allylic oxidation sites excluding steroid dienone is 1. The van der Waals surface area contributed by atoms with Crippen LogP contribution in [0.25, 0.3) is 0 Å². The van der Waals surface area contributed by atoms with Gasteiger partial charge in [-0.05, 0) is 25.2 Å². The minimum absolute atomic E-state index is 0.641. The Morgan fingerprint density at radius 3 is 2.67 bits per heavy atom. The van der Waals surface area contributed by atoms with E-state index in [1.165, 1.54) is 25.7 Å². The first-order chi connectivity index (χ1) is 4.33. The van der Waals surface area contributed by atoms with Crippen molar-refractivity contribution in [3.63, 3.8) is 0 Å². The summed E-state index contributed by atoms with van der Waals surface area (Å²) in [5, 5.41) is 0.641.